The van der Waals surface area contributed by atoms with Gasteiger partial charge in [0.25, 0.3) is 0 Å². The van der Waals surface area contributed by atoms with Crippen molar-refractivity contribution < 1.29 is 4.74 Å². The molecule has 0 saturated carbocycles. The number of hydrogen-bond acceptors (Lipinski definition) is 5. The third kappa shape index (κ3) is 10.3. The lowest BCUT2D eigenvalue weighted by Gasteiger charge is -2.32. The molecule has 1 saturated heterocycles. The third-order valence-electron chi connectivity index (χ3n) is 5.58. The van der Waals surface area contributed by atoms with Crippen LogP contribution in [0, 0.1) is 0 Å². The number of halogens is 1. The van der Waals surface area contributed by atoms with E-state index in [1.54, 1.807) is 12.7 Å². The number of unbranched alkanes of at least 4 members (excludes halogenated alkanes) is 1. The van der Waals surface area contributed by atoms with Crippen molar-refractivity contribution in [2.24, 2.45) is 4.99 Å². The van der Waals surface area contributed by atoms with Gasteiger partial charge < -0.3 is 19.9 Å². The predicted molar refractivity (Wildman–Crippen MR) is 139 cm³/mol. The van der Waals surface area contributed by atoms with E-state index in [0.29, 0.717) is 6.10 Å². The molecule has 9 heteroatoms. The van der Waals surface area contributed by atoms with Crippen molar-refractivity contribution in [3.8, 4) is 0 Å². The molecule has 178 valence electrons. The Hall–Kier alpha value is -1.72. The highest BCUT2D eigenvalue weighted by atomic mass is 127. The highest BCUT2D eigenvalue weighted by Gasteiger charge is 2.19. The van der Waals surface area contributed by atoms with Crippen LogP contribution in [-0.4, -0.2) is 71.6 Å². The maximum Gasteiger partial charge on any atom is 0.190 e. The summed E-state index contributed by atoms with van der Waals surface area (Å²) in [5.74, 6) is 0.860. The second-order valence-electron chi connectivity index (χ2n) is 8.02. The van der Waals surface area contributed by atoms with Crippen molar-refractivity contribution in [1.82, 2.24) is 30.3 Å². The lowest BCUT2D eigenvalue weighted by Crippen LogP contribution is -2.39. The second kappa shape index (κ2) is 16.0. The Morgan fingerprint density at radius 3 is 2.41 bits per heavy atom. The molecule has 1 aliphatic rings. The molecule has 0 atom stereocenters. The van der Waals surface area contributed by atoms with E-state index in [4.69, 9.17) is 4.74 Å². The van der Waals surface area contributed by atoms with Gasteiger partial charge in [0, 0.05) is 52.9 Å². The van der Waals surface area contributed by atoms with Gasteiger partial charge in [0.05, 0.1) is 6.10 Å². The Morgan fingerprint density at radius 2 is 1.72 bits per heavy atom. The lowest BCUT2D eigenvalue weighted by atomic mass is 10.1. The number of aromatic nitrogens is 3. The minimum atomic E-state index is 0. The zero-order valence-electron chi connectivity index (χ0n) is 19.2. The maximum atomic E-state index is 6.11. The van der Waals surface area contributed by atoms with E-state index in [1.807, 2.05) is 11.6 Å². The fraction of sp³-hybridized carbons (Fsp3) is 0.609. The second-order valence-corrected chi connectivity index (χ2v) is 8.02. The Balaban J connectivity index is 0.00000363. The van der Waals surface area contributed by atoms with E-state index in [-0.39, 0.29) is 24.0 Å². The largest absolute Gasteiger partial charge is 0.378 e. The Kier molecular flexibility index (Phi) is 13.2. The Labute approximate surface area is 209 Å². The van der Waals surface area contributed by atoms with Crippen LogP contribution in [0.1, 0.15) is 37.7 Å². The minimum Gasteiger partial charge on any atom is -0.378 e. The number of nitrogens with zero attached hydrogens (tertiary/aromatic N) is 5. The molecule has 0 spiro atoms. The average molecular weight is 556 g/mol. The van der Waals surface area contributed by atoms with Crippen LogP contribution in [0.5, 0.6) is 0 Å². The van der Waals surface area contributed by atoms with Crippen molar-refractivity contribution in [2.75, 3.05) is 39.8 Å². The van der Waals surface area contributed by atoms with Gasteiger partial charge in [-0.2, -0.15) is 0 Å². The van der Waals surface area contributed by atoms with Crippen molar-refractivity contribution >= 4 is 29.9 Å². The molecular weight excluding hydrogens is 517 g/mol. The van der Waals surface area contributed by atoms with E-state index in [0.717, 1.165) is 83.9 Å². The highest BCUT2D eigenvalue weighted by molar-refractivity contribution is 14.0. The van der Waals surface area contributed by atoms with Crippen molar-refractivity contribution in [2.45, 2.75) is 51.3 Å². The van der Waals surface area contributed by atoms with Gasteiger partial charge in [-0.15, -0.1) is 34.2 Å². The zero-order chi connectivity index (χ0) is 21.6. The van der Waals surface area contributed by atoms with Crippen molar-refractivity contribution in [3.63, 3.8) is 0 Å². The molecule has 2 aromatic rings. The topological polar surface area (TPSA) is 79.6 Å². The molecule has 0 aliphatic carbocycles. The van der Waals surface area contributed by atoms with Crippen molar-refractivity contribution in [3.05, 3.63) is 48.5 Å². The summed E-state index contributed by atoms with van der Waals surface area (Å²) in [7, 11) is 1.81. The summed E-state index contributed by atoms with van der Waals surface area (Å²) in [6, 6.07) is 10.7. The number of rotatable bonds is 12. The summed E-state index contributed by atoms with van der Waals surface area (Å²) in [6.45, 7) is 6.80. The minimum absolute atomic E-state index is 0. The predicted octanol–water partition coefficient (Wildman–Crippen LogP) is 2.91. The molecule has 8 nitrogen and oxygen atoms in total. The fourth-order valence-corrected chi connectivity index (χ4v) is 3.79. The quantitative estimate of drug-likeness (QED) is 0.182. The van der Waals surface area contributed by atoms with Gasteiger partial charge in [0.1, 0.15) is 12.7 Å². The van der Waals surface area contributed by atoms with E-state index < -0.39 is 0 Å². The van der Waals surface area contributed by atoms with Crippen LogP contribution in [0.3, 0.4) is 0 Å². The molecule has 1 aromatic heterocycles. The zero-order valence-corrected chi connectivity index (χ0v) is 21.5. The van der Waals surface area contributed by atoms with E-state index in [2.05, 4.69) is 61.1 Å². The molecule has 32 heavy (non-hydrogen) atoms. The summed E-state index contributed by atoms with van der Waals surface area (Å²) in [5, 5.41) is 14.4. The van der Waals surface area contributed by atoms with Gasteiger partial charge >= 0.3 is 0 Å². The molecule has 0 unspecified atom stereocenters. The molecule has 3 rings (SSSR count). The molecular formula is C23H38IN7O. The SMILES string of the molecule is CN=C(NCCCCn1cnnc1)NCCCOC1CCN(Cc2ccccc2)CC1.I. The molecule has 1 aliphatic heterocycles. The molecule has 1 aromatic carbocycles. The number of benzene rings is 1. The Bertz CT molecular complexity index is 734. The van der Waals surface area contributed by atoms with Gasteiger partial charge in [0.15, 0.2) is 5.96 Å². The van der Waals surface area contributed by atoms with Gasteiger partial charge in [-0.05, 0) is 37.7 Å². The van der Waals surface area contributed by atoms with Crippen LogP contribution in [0.2, 0.25) is 0 Å². The number of likely N-dealkylation sites (tertiary alicyclic amines) is 1. The summed E-state index contributed by atoms with van der Waals surface area (Å²) in [5.41, 5.74) is 1.39. The number of hydrogen-bond donors (Lipinski definition) is 2. The number of aryl methyl sites for hydroxylation is 1. The monoisotopic (exact) mass is 555 g/mol. The summed E-state index contributed by atoms with van der Waals surface area (Å²) < 4.78 is 8.11. The number of guanidine groups is 1. The van der Waals surface area contributed by atoms with E-state index in [1.165, 1.54) is 5.56 Å². The molecule has 2 heterocycles. The summed E-state index contributed by atoms with van der Waals surface area (Å²) >= 11 is 0. The lowest BCUT2D eigenvalue weighted by molar-refractivity contribution is 0.00534. The van der Waals surface area contributed by atoms with Gasteiger partial charge in [-0.3, -0.25) is 9.89 Å². The van der Waals surface area contributed by atoms with E-state index in [9.17, 15) is 0 Å². The van der Waals surface area contributed by atoms with E-state index >= 15 is 0 Å². The first-order valence-electron chi connectivity index (χ1n) is 11.5. The molecule has 0 bridgehead atoms. The number of ether oxygens (including phenoxy) is 1. The van der Waals surface area contributed by atoms with Gasteiger partial charge in [-0.1, -0.05) is 30.3 Å². The average Bonchev–Trinajstić information content (AvgIpc) is 3.32. The third-order valence-corrected chi connectivity index (χ3v) is 5.58. The summed E-state index contributed by atoms with van der Waals surface area (Å²) in [6.07, 6.45) is 9.30. The standard InChI is InChI=1S/C23H37N7O.HI/c1-24-23(25-12-5-6-14-30-19-27-28-20-30)26-13-7-17-31-22-10-15-29(16-11-22)18-21-8-3-2-4-9-21;/h2-4,8-9,19-20,22H,5-7,10-18H2,1H3,(H2,24,25,26);1H. The normalized spacial score (nSPS) is 15.3. The molecule has 1 fully saturated rings. The number of piperidine rings is 1. The van der Waals surface area contributed by atoms with Crippen LogP contribution >= 0.6 is 24.0 Å². The fourth-order valence-electron chi connectivity index (χ4n) is 3.79. The maximum absolute atomic E-state index is 6.11. The summed E-state index contributed by atoms with van der Waals surface area (Å²) in [4.78, 5) is 6.82. The first kappa shape index (κ1) is 26.5. The van der Waals surface area contributed by atoms with Crippen LogP contribution in [0.25, 0.3) is 0 Å². The van der Waals surface area contributed by atoms with Crippen LogP contribution in [0.15, 0.2) is 48.0 Å². The van der Waals surface area contributed by atoms with Crippen LogP contribution in [-0.2, 0) is 17.8 Å². The van der Waals surface area contributed by atoms with Gasteiger partial charge in [-0.25, -0.2) is 0 Å². The molecule has 2 N–H and O–H groups in total. The molecule has 0 radical (unpaired) electrons. The molecule has 0 amide bonds. The highest BCUT2D eigenvalue weighted by Crippen LogP contribution is 2.16. The van der Waals surface area contributed by atoms with Crippen LogP contribution in [0.4, 0.5) is 0 Å². The smallest absolute Gasteiger partial charge is 0.190 e. The van der Waals surface area contributed by atoms with Gasteiger partial charge in [0.2, 0.25) is 0 Å². The number of aliphatic imine (C=N–C) groups is 1. The first-order valence-corrected chi connectivity index (χ1v) is 11.5. The number of nitrogens with one attached hydrogen (secondary N) is 2. The first-order chi connectivity index (χ1) is 15.3. The van der Waals surface area contributed by atoms with Crippen LogP contribution < -0.4 is 10.6 Å². The van der Waals surface area contributed by atoms with Crippen molar-refractivity contribution in [1.29, 1.82) is 0 Å². The Morgan fingerprint density at radius 1 is 1.03 bits per heavy atom.